The fraction of sp³-hybridized carbons (Fsp3) is 0.545. The predicted octanol–water partition coefficient (Wildman–Crippen LogP) is 1.54. The van der Waals surface area contributed by atoms with Gasteiger partial charge in [-0.25, -0.2) is 9.78 Å². The lowest BCUT2D eigenvalue weighted by Gasteiger charge is -1.98. The molecular formula is C11H14N2O3S. The Morgan fingerprint density at radius 3 is 2.71 bits per heavy atom. The van der Waals surface area contributed by atoms with E-state index in [1.807, 2.05) is 0 Å². The number of Topliss-reactive ketones (excluding diaryl/α,β-unsaturated/α-hetero) is 1. The van der Waals surface area contributed by atoms with Crippen LogP contribution < -0.4 is 5.32 Å². The molecule has 5 nitrogen and oxygen atoms in total. The molecule has 0 amide bonds. The number of rotatable bonds is 6. The molecule has 0 radical (unpaired) electrons. The highest BCUT2D eigenvalue weighted by atomic mass is 32.1. The molecule has 0 aromatic carbocycles. The fourth-order valence-corrected chi connectivity index (χ4v) is 2.45. The highest BCUT2D eigenvalue weighted by molar-refractivity contribution is 7.14. The molecule has 0 atom stereocenters. The summed E-state index contributed by atoms with van der Waals surface area (Å²) in [5.74, 6) is -0.616. The van der Waals surface area contributed by atoms with Gasteiger partial charge in [-0.05, 0) is 25.3 Å². The number of thiazole rings is 1. The van der Waals surface area contributed by atoms with Gasteiger partial charge in [0.05, 0.1) is 0 Å². The topological polar surface area (TPSA) is 79.3 Å². The lowest BCUT2D eigenvalue weighted by molar-refractivity contribution is 0.0687. The molecule has 1 aromatic rings. The van der Waals surface area contributed by atoms with Crippen LogP contribution in [0.4, 0.5) is 0 Å². The molecule has 1 aliphatic carbocycles. The summed E-state index contributed by atoms with van der Waals surface area (Å²) in [6, 6.07) is 0. The van der Waals surface area contributed by atoms with Crippen LogP contribution in [0.2, 0.25) is 0 Å². The van der Waals surface area contributed by atoms with Gasteiger partial charge in [-0.3, -0.25) is 4.79 Å². The van der Waals surface area contributed by atoms with Crippen LogP contribution in [0.1, 0.15) is 44.9 Å². The number of hydrogen-bond acceptors (Lipinski definition) is 5. The molecule has 0 unspecified atom stereocenters. The number of carboxylic acid groups (broad SMARTS) is 1. The maximum absolute atomic E-state index is 11.3. The first-order valence-corrected chi connectivity index (χ1v) is 6.34. The number of carbonyl (C=O) groups is 2. The predicted molar refractivity (Wildman–Crippen MR) is 63.5 cm³/mol. The Morgan fingerprint density at radius 2 is 2.24 bits per heavy atom. The minimum absolute atomic E-state index is 0.120. The number of hydrogen-bond donors (Lipinski definition) is 2. The first-order chi connectivity index (χ1) is 8.08. The Hall–Kier alpha value is -1.27. The zero-order valence-electron chi connectivity index (χ0n) is 9.52. The summed E-state index contributed by atoms with van der Waals surface area (Å²) in [5, 5.41) is 12.8. The number of carboxylic acids is 1. The van der Waals surface area contributed by atoms with Crippen LogP contribution >= 0.6 is 11.3 Å². The van der Waals surface area contributed by atoms with Gasteiger partial charge in [0.25, 0.3) is 0 Å². The van der Waals surface area contributed by atoms with Gasteiger partial charge in [0, 0.05) is 13.5 Å². The normalized spacial score (nSPS) is 14.9. The van der Waals surface area contributed by atoms with Crippen LogP contribution in [0.5, 0.6) is 0 Å². The molecule has 0 spiro atoms. The first kappa shape index (κ1) is 12.2. The van der Waals surface area contributed by atoms with Crippen molar-refractivity contribution in [1.29, 1.82) is 0 Å². The maximum atomic E-state index is 11.3. The Morgan fingerprint density at radius 1 is 1.53 bits per heavy atom. The molecule has 17 heavy (non-hydrogen) atoms. The summed E-state index contributed by atoms with van der Waals surface area (Å²) in [6.45, 7) is 2.84. The highest BCUT2D eigenvalue weighted by Gasteiger charge is 2.22. The number of aromatic nitrogens is 1. The second-order valence-electron chi connectivity index (χ2n) is 4.22. The molecule has 0 bridgehead atoms. The van der Waals surface area contributed by atoms with E-state index >= 15 is 0 Å². The van der Waals surface area contributed by atoms with Gasteiger partial charge in [0.2, 0.25) is 0 Å². The average Bonchev–Trinajstić information content (AvgIpc) is 2.95. The van der Waals surface area contributed by atoms with Gasteiger partial charge < -0.3 is 10.4 Å². The molecule has 0 aliphatic heterocycles. The van der Waals surface area contributed by atoms with Crippen molar-refractivity contribution in [2.24, 2.45) is 5.92 Å². The van der Waals surface area contributed by atoms with Crippen LogP contribution in [-0.4, -0.2) is 28.4 Å². The van der Waals surface area contributed by atoms with E-state index in [1.54, 1.807) is 0 Å². The van der Waals surface area contributed by atoms with Crippen molar-refractivity contribution in [3.63, 3.8) is 0 Å². The quantitative estimate of drug-likeness (QED) is 0.753. The highest BCUT2D eigenvalue weighted by Crippen LogP contribution is 2.27. The molecule has 2 rings (SSSR count). The molecule has 6 heteroatoms. The molecule has 0 saturated heterocycles. The number of carbonyl (C=O) groups excluding carboxylic acids is 1. The van der Waals surface area contributed by atoms with Crippen molar-refractivity contribution in [2.45, 2.75) is 26.3 Å². The second kappa shape index (κ2) is 4.93. The second-order valence-corrected chi connectivity index (χ2v) is 5.30. The Bertz CT molecular complexity index is 420. The molecule has 1 heterocycles. The Kier molecular flexibility index (Phi) is 3.54. The van der Waals surface area contributed by atoms with Gasteiger partial charge in [0.1, 0.15) is 9.88 Å². The number of nitrogens with zero attached hydrogens (tertiary/aromatic N) is 1. The van der Waals surface area contributed by atoms with E-state index in [0.29, 0.717) is 11.6 Å². The van der Waals surface area contributed by atoms with Gasteiger partial charge in [-0.1, -0.05) is 0 Å². The van der Waals surface area contributed by atoms with E-state index in [9.17, 15) is 9.59 Å². The van der Waals surface area contributed by atoms with Crippen molar-refractivity contribution in [3.8, 4) is 0 Å². The van der Waals surface area contributed by atoms with E-state index in [0.717, 1.165) is 23.8 Å². The Balaban J connectivity index is 2.03. The maximum Gasteiger partial charge on any atom is 0.356 e. The van der Waals surface area contributed by atoms with Gasteiger partial charge in [0.15, 0.2) is 11.5 Å². The molecule has 1 fully saturated rings. The largest absolute Gasteiger partial charge is 0.476 e. The van der Waals surface area contributed by atoms with Crippen LogP contribution in [0.25, 0.3) is 0 Å². The van der Waals surface area contributed by atoms with E-state index in [1.165, 1.54) is 19.8 Å². The van der Waals surface area contributed by atoms with Crippen molar-refractivity contribution in [2.75, 3.05) is 6.54 Å². The summed E-state index contributed by atoms with van der Waals surface area (Å²) in [6.07, 6.45) is 2.54. The lowest BCUT2D eigenvalue weighted by Crippen LogP contribution is -2.16. The molecule has 2 N–H and O–H groups in total. The van der Waals surface area contributed by atoms with Crippen molar-refractivity contribution < 1.29 is 14.7 Å². The third-order valence-electron chi connectivity index (χ3n) is 2.60. The molecular weight excluding hydrogens is 240 g/mol. The minimum atomic E-state index is -1.14. The van der Waals surface area contributed by atoms with Gasteiger partial charge in [-0.15, -0.1) is 11.3 Å². The van der Waals surface area contributed by atoms with E-state index in [2.05, 4.69) is 10.3 Å². The molecule has 1 aliphatic rings. The standard InChI is InChI=1S/C11H14N2O3S/c1-6(14)10-9(11(15)16)13-8(17-10)5-12-4-7-2-3-7/h7,12H,2-5H2,1H3,(H,15,16). The van der Waals surface area contributed by atoms with Crippen LogP contribution in [0.3, 0.4) is 0 Å². The zero-order valence-corrected chi connectivity index (χ0v) is 10.3. The monoisotopic (exact) mass is 254 g/mol. The van der Waals surface area contributed by atoms with E-state index in [4.69, 9.17) is 5.11 Å². The minimum Gasteiger partial charge on any atom is -0.476 e. The summed E-state index contributed by atoms with van der Waals surface area (Å²) in [5.41, 5.74) is -0.120. The van der Waals surface area contributed by atoms with E-state index < -0.39 is 5.97 Å². The third kappa shape index (κ3) is 3.10. The summed E-state index contributed by atoms with van der Waals surface area (Å²) < 4.78 is 0. The number of ketones is 1. The first-order valence-electron chi connectivity index (χ1n) is 5.52. The molecule has 92 valence electrons. The molecule has 1 aromatic heterocycles. The third-order valence-corrected chi connectivity index (χ3v) is 3.76. The number of nitrogens with one attached hydrogen (secondary N) is 1. The van der Waals surface area contributed by atoms with Crippen molar-refractivity contribution in [3.05, 3.63) is 15.6 Å². The SMILES string of the molecule is CC(=O)c1sc(CNCC2CC2)nc1C(=O)O. The van der Waals surface area contributed by atoms with E-state index in [-0.39, 0.29) is 16.4 Å². The van der Waals surface area contributed by atoms with Gasteiger partial charge in [-0.2, -0.15) is 0 Å². The zero-order chi connectivity index (χ0) is 12.4. The summed E-state index contributed by atoms with van der Waals surface area (Å²) in [4.78, 5) is 26.4. The lowest BCUT2D eigenvalue weighted by atomic mass is 10.3. The van der Waals surface area contributed by atoms with Crippen LogP contribution in [0.15, 0.2) is 0 Å². The van der Waals surface area contributed by atoms with Crippen LogP contribution in [-0.2, 0) is 6.54 Å². The van der Waals surface area contributed by atoms with Gasteiger partial charge >= 0.3 is 5.97 Å². The fourth-order valence-electron chi connectivity index (χ4n) is 1.53. The van der Waals surface area contributed by atoms with Crippen LogP contribution in [0, 0.1) is 5.92 Å². The molecule has 1 saturated carbocycles. The summed E-state index contributed by atoms with van der Waals surface area (Å²) in [7, 11) is 0. The summed E-state index contributed by atoms with van der Waals surface area (Å²) >= 11 is 1.16. The Labute approximate surface area is 103 Å². The van der Waals surface area contributed by atoms with Crippen molar-refractivity contribution >= 4 is 23.1 Å². The van der Waals surface area contributed by atoms with Crippen molar-refractivity contribution in [1.82, 2.24) is 10.3 Å². The number of aromatic carboxylic acids is 1. The average molecular weight is 254 g/mol. The smallest absolute Gasteiger partial charge is 0.356 e.